The van der Waals surface area contributed by atoms with Gasteiger partial charge in [0.1, 0.15) is 6.10 Å². The molecule has 0 aromatic carbocycles. The van der Waals surface area contributed by atoms with Gasteiger partial charge in [0.15, 0.2) is 0 Å². The van der Waals surface area contributed by atoms with Crippen molar-refractivity contribution in [2.45, 2.75) is 19.4 Å². The van der Waals surface area contributed by atoms with E-state index in [1.165, 1.54) is 19.1 Å². The molecule has 0 aliphatic heterocycles. The molecule has 0 aromatic rings. The molecule has 1 atom stereocenters. The summed E-state index contributed by atoms with van der Waals surface area (Å²) in [5, 5.41) is 2.48. The number of carbonyl (C=O) groups is 2. The van der Waals surface area contributed by atoms with Gasteiger partial charge in [-0.3, -0.25) is 9.59 Å². The summed E-state index contributed by atoms with van der Waals surface area (Å²) in [6, 6.07) is 0. The lowest BCUT2D eigenvalue weighted by molar-refractivity contribution is -0.144. The Balaban J connectivity index is 4.50. The van der Waals surface area contributed by atoms with Gasteiger partial charge in [0.05, 0.1) is 6.54 Å². The van der Waals surface area contributed by atoms with Gasteiger partial charge in [-0.25, -0.2) is 0 Å². The molecule has 0 saturated carbocycles. The van der Waals surface area contributed by atoms with Gasteiger partial charge in [-0.15, -0.1) is 0 Å². The van der Waals surface area contributed by atoms with E-state index in [0.717, 1.165) is 6.42 Å². The number of hydrogen-bond acceptors (Lipinski definition) is 4. The van der Waals surface area contributed by atoms with E-state index in [2.05, 4.69) is 5.32 Å². The molecule has 0 spiro atoms. The van der Waals surface area contributed by atoms with Crippen LogP contribution in [0.5, 0.6) is 0 Å². The fourth-order valence-corrected chi connectivity index (χ4v) is 1.29. The molecule has 2 amide bonds. The highest BCUT2D eigenvalue weighted by Crippen LogP contribution is 1.99. The molecule has 1 unspecified atom stereocenters. The molecule has 6 nitrogen and oxygen atoms in total. The summed E-state index contributed by atoms with van der Waals surface area (Å²) in [5.74, 6) is -0.441. The summed E-state index contributed by atoms with van der Waals surface area (Å²) in [7, 11) is 2.97. The molecular weight excluding hydrogens is 210 g/mol. The molecule has 0 heterocycles. The van der Waals surface area contributed by atoms with Gasteiger partial charge < -0.3 is 20.7 Å². The van der Waals surface area contributed by atoms with Crippen LogP contribution < -0.4 is 11.1 Å². The maximum Gasteiger partial charge on any atom is 0.253 e. The average Bonchev–Trinajstić information content (AvgIpc) is 2.29. The third-order valence-corrected chi connectivity index (χ3v) is 2.19. The van der Waals surface area contributed by atoms with Gasteiger partial charge in [0, 0.05) is 27.2 Å². The second-order valence-electron chi connectivity index (χ2n) is 3.39. The summed E-state index contributed by atoms with van der Waals surface area (Å²) >= 11 is 0. The predicted molar refractivity (Wildman–Crippen MR) is 60.8 cm³/mol. The number of nitrogens with two attached hydrogens (primary N) is 1. The molecule has 0 radical (unpaired) electrons. The highest BCUT2D eigenvalue weighted by atomic mass is 16.5. The zero-order valence-electron chi connectivity index (χ0n) is 10.2. The van der Waals surface area contributed by atoms with Crippen molar-refractivity contribution in [2.24, 2.45) is 5.73 Å². The Morgan fingerprint density at radius 2 is 2.12 bits per heavy atom. The fraction of sp³-hybridized carbons (Fsp3) is 0.800. The monoisotopic (exact) mass is 231 g/mol. The highest BCUT2D eigenvalue weighted by molar-refractivity contribution is 5.87. The van der Waals surface area contributed by atoms with E-state index in [4.69, 9.17) is 10.5 Å². The minimum Gasteiger partial charge on any atom is -0.370 e. The first kappa shape index (κ1) is 14.9. The molecule has 0 fully saturated rings. The van der Waals surface area contributed by atoms with Crippen LogP contribution in [0.2, 0.25) is 0 Å². The fourth-order valence-electron chi connectivity index (χ4n) is 1.29. The van der Waals surface area contributed by atoms with Crippen LogP contribution in [0, 0.1) is 0 Å². The summed E-state index contributed by atoms with van der Waals surface area (Å²) < 4.78 is 4.96. The van der Waals surface area contributed by atoms with Crippen molar-refractivity contribution in [3.05, 3.63) is 0 Å². The molecule has 0 aliphatic rings. The molecule has 3 N–H and O–H groups in total. The van der Waals surface area contributed by atoms with Gasteiger partial charge in [0.25, 0.3) is 5.91 Å². The second kappa shape index (κ2) is 8.06. The van der Waals surface area contributed by atoms with Gasteiger partial charge >= 0.3 is 0 Å². The first-order valence-corrected chi connectivity index (χ1v) is 5.32. The summed E-state index contributed by atoms with van der Waals surface area (Å²) in [5.41, 5.74) is 5.41. The first-order valence-electron chi connectivity index (χ1n) is 5.32. The van der Waals surface area contributed by atoms with Crippen molar-refractivity contribution < 1.29 is 14.3 Å². The van der Waals surface area contributed by atoms with Crippen molar-refractivity contribution in [2.75, 3.05) is 33.8 Å². The maximum absolute atomic E-state index is 11.9. The molecule has 6 heteroatoms. The molecule has 0 saturated heterocycles. The molecule has 94 valence electrons. The number of hydrogen-bond donors (Lipinski definition) is 2. The minimum atomic E-state index is -0.670. The molecule has 0 aliphatic carbocycles. The molecule has 0 aromatic heterocycles. The van der Waals surface area contributed by atoms with E-state index in [0.29, 0.717) is 6.54 Å². The highest BCUT2D eigenvalue weighted by Gasteiger charge is 2.23. The first-order chi connectivity index (χ1) is 7.60. The van der Waals surface area contributed by atoms with Gasteiger partial charge in [-0.05, 0) is 6.42 Å². The van der Waals surface area contributed by atoms with Gasteiger partial charge in [-0.2, -0.15) is 0 Å². The zero-order chi connectivity index (χ0) is 12.6. The van der Waals surface area contributed by atoms with Crippen LogP contribution in [0.4, 0.5) is 0 Å². The van der Waals surface area contributed by atoms with Crippen LogP contribution in [0.25, 0.3) is 0 Å². The topological polar surface area (TPSA) is 84.7 Å². The standard InChI is InChI=1S/C10H21N3O3/c1-4-5-13(7-9(14)12-2)10(15)8(6-11)16-3/h8H,4-7,11H2,1-3H3,(H,12,14). The third kappa shape index (κ3) is 4.59. The number of carbonyl (C=O) groups excluding carboxylic acids is 2. The Morgan fingerprint density at radius 1 is 1.50 bits per heavy atom. The Bertz CT molecular complexity index is 229. The zero-order valence-corrected chi connectivity index (χ0v) is 10.2. The van der Waals surface area contributed by atoms with E-state index in [-0.39, 0.29) is 24.9 Å². The van der Waals surface area contributed by atoms with Crippen LogP contribution in [-0.4, -0.2) is 56.6 Å². The van der Waals surface area contributed by atoms with E-state index < -0.39 is 6.10 Å². The van der Waals surface area contributed by atoms with Crippen molar-refractivity contribution in [3.8, 4) is 0 Å². The smallest absolute Gasteiger partial charge is 0.253 e. The number of likely N-dealkylation sites (N-methyl/N-ethyl adjacent to an activating group) is 1. The summed E-state index contributed by atoms with van der Waals surface area (Å²) in [6.07, 6.45) is 0.111. The second-order valence-corrected chi connectivity index (χ2v) is 3.39. The Hall–Kier alpha value is -1.14. The Labute approximate surface area is 96.1 Å². The van der Waals surface area contributed by atoms with Crippen molar-refractivity contribution in [1.82, 2.24) is 10.2 Å². The summed E-state index contributed by atoms with van der Waals surface area (Å²) in [6.45, 7) is 2.62. The minimum absolute atomic E-state index is 0.0447. The Morgan fingerprint density at radius 3 is 2.50 bits per heavy atom. The molecular formula is C10H21N3O3. The van der Waals surface area contributed by atoms with Crippen LogP contribution >= 0.6 is 0 Å². The average molecular weight is 231 g/mol. The van der Waals surface area contributed by atoms with Crippen molar-refractivity contribution >= 4 is 11.8 Å². The maximum atomic E-state index is 11.9. The van der Waals surface area contributed by atoms with E-state index in [1.807, 2.05) is 6.92 Å². The lowest BCUT2D eigenvalue weighted by Gasteiger charge is -2.24. The number of rotatable bonds is 7. The third-order valence-electron chi connectivity index (χ3n) is 2.19. The number of nitrogens with zero attached hydrogens (tertiary/aromatic N) is 1. The van der Waals surface area contributed by atoms with Crippen molar-refractivity contribution in [3.63, 3.8) is 0 Å². The van der Waals surface area contributed by atoms with Crippen molar-refractivity contribution in [1.29, 1.82) is 0 Å². The van der Waals surface area contributed by atoms with Crippen LogP contribution in [-0.2, 0) is 14.3 Å². The molecule has 0 rings (SSSR count). The van der Waals surface area contributed by atoms with Gasteiger partial charge in [0.2, 0.25) is 5.91 Å². The van der Waals surface area contributed by atoms with E-state index >= 15 is 0 Å². The molecule has 16 heavy (non-hydrogen) atoms. The molecule has 0 bridgehead atoms. The largest absolute Gasteiger partial charge is 0.370 e. The van der Waals surface area contributed by atoms with Crippen LogP contribution in [0.3, 0.4) is 0 Å². The van der Waals surface area contributed by atoms with E-state index in [9.17, 15) is 9.59 Å². The SMILES string of the molecule is CCCN(CC(=O)NC)C(=O)C(CN)OC. The lowest BCUT2D eigenvalue weighted by atomic mass is 10.2. The normalized spacial score (nSPS) is 12.0. The predicted octanol–water partition coefficient (Wildman–Crippen LogP) is -1.06. The van der Waals surface area contributed by atoms with Crippen LogP contribution in [0.1, 0.15) is 13.3 Å². The number of methoxy groups -OCH3 is 1. The lowest BCUT2D eigenvalue weighted by Crippen LogP contribution is -2.47. The number of amides is 2. The quantitative estimate of drug-likeness (QED) is 0.585. The number of ether oxygens (including phenoxy) is 1. The van der Waals surface area contributed by atoms with E-state index in [1.54, 1.807) is 0 Å². The Kier molecular flexibility index (Phi) is 7.49. The number of nitrogens with one attached hydrogen (secondary N) is 1. The van der Waals surface area contributed by atoms with Gasteiger partial charge in [-0.1, -0.05) is 6.92 Å². The summed E-state index contributed by atoms with van der Waals surface area (Å²) in [4.78, 5) is 24.6. The van der Waals surface area contributed by atoms with Crippen LogP contribution in [0.15, 0.2) is 0 Å².